The second-order valence-corrected chi connectivity index (χ2v) is 4.02. The van der Waals surface area contributed by atoms with Gasteiger partial charge in [0.25, 0.3) is 0 Å². The molecule has 1 aromatic heterocycles. The van der Waals surface area contributed by atoms with Crippen LogP contribution in [0.1, 0.15) is 23.7 Å². The summed E-state index contributed by atoms with van der Waals surface area (Å²) in [6.45, 7) is 3.40. The largest absolute Gasteiger partial charge is 0.354 e. The van der Waals surface area contributed by atoms with Gasteiger partial charge in [0, 0.05) is 32.3 Å². The van der Waals surface area contributed by atoms with Crippen molar-refractivity contribution in [2.75, 3.05) is 24.5 Å². The van der Waals surface area contributed by atoms with E-state index in [4.69, 9.17) is 0 Å². The van der Waals surface area contributed by atoms with E-state index in [1.165, 1.54) is 6.92 Å². The maximum absolute atomic E-state index is 11.5. The number of anilines is 1. The van der Waals surface area contributed by atoms with E-state index in [2.05, 4.69) is 10.3 Å². The van der Waals surface area contributed by atoms with Gasteiger partial charge in [-0.15, -0.1) is 0 Å². The lowest BCUT2D eigenvalue weighted by Crippen LogP contribution is -2.30. The summed E-state index contributed by atoms with van der Waals surface area (Å²) in [5.41, 5.74) is 0.613. The third-order valence-corrected chi connectivity index (χ3v) is 2.78. The molecule has 1 fully saturated rings. The minimum Gasteiger partial charge on any atom is -0.354 e. The highest BCUT2D eigenvalue weighted by molar-refractivity contribution is 5.98. The first kappa shape index (κ1) is 11.6. The van der Waals surface area contributed by atoms with Gasteiger partial charge in [0.05, 0.1) is 5.56 Å². The Morgan fingerprint density at radius 3 is 3.06 bits per heavy atom. The summed E-state index contributed by atoms with van der Waals surface area (Å²) in [5.74, 6) is 0.723. The van der Waals surface area contributed by atoms with E-state index in [0.29, 0.717) is 37.4 Å². The van der Waals surface area contributed by atoms with Crippen LogP contribution in [0.15, 0.2) is 18.3 Å². The van der Waals surface area contributed by atoms with Gasteiger partial charge in [-0.1, -0.05) is 0 Å². The van der Waals surface area contributed by atoms with Gasteiger partial charge in [0.2, 0.25) is 5.91 Å². The number of carbonyl (C=O) groups excluding carboxylic acids is 2. The van der Waals surface area contributed by atoms with Crippen LogP contribution in [0.3, 0.4) is 0 Å². The molecule has 5 heteroatoms. The van der Waals surface area contributed by atoms with Gasteiger partial charge >= 0.3 is 0 Å². The zero-order valence-corrected chi connectivity index (χ0v) is 9.77. The van der Waals surface area contributed by atoms with Crippen LogP contribution < -0.4 is 10.2 Å². The monoisotopic (exact) mass is 233 g/mol. The van der Waals surface area contributed by atoms with Gasteiger partial charge in [-0.3, -0.25) is 9.59 Å². The third-order valence-electron chi connectivity index (χ3n) is 2.78. The van der Waals surface area contributed by atoms with Crippen LogP contribution in [0.5, 0.6) is 0 Å². The summed E-state index contributed by atoms with van der Waals surface area (Å²) in [5, 5.41) is 2.80. The highest BCUT2D eigenvalue weighted by Gasteiger charge is 2.18. The fraction of sp³-hybridized carbons (Fsp3) is 0.417. The SMILES string of the molecule is CC(=O)c1cccnc1N1CCNC(=O)CC1. The van der Waals surface area contributed by atoms with E-state index in [-0.39, 0.29) is 11.7 Å². The maximum Gasteiger partial charge on any atom is 0.221 e. The number of Topliss-reactive ketones (excluding diaryl/α,β-unsaturated/α-hetero) is 1. The molecular formula is C12H15N3O2. The summed E-state index contributed by atoms with van der Waals surface area (Å²) >= 11 is 0. The van der Waals surface area contributed by atoms with Crippen molar-refractivity contribution < 1.29 is 9.59 Å². The van der Waals surface area contributed by atoms with Crippen molar-refractivity contribution in [1.29, 1.82) is 0 Å². The Hall–Kier alpha value is -1.91. The molecule has 0 bridgehead atoms. The fourth-order valence-corrected chi connectivity index (χ4v) is 1.90. The Labute approximate surface area is 99.8 Å². The second kappa shape index (κ2) is 4.95. The summed E-state index contributed by atoms with van der Waals surface area (Å²) < 4.78 is 0. The molecule has 0 unspecified atom stereocenters. The lowest BCUT2D eigenvalue weighted by molar-refractivity contribution is -0.120. The molecule has 0 atom stereocenters. The van der Waals surface area contributed by atoms with Gasteiger partial charge in [-0.2, -0.15) is 0 Å². The van der Waals surface area contributed by atoms with Crippen molar-refractivity contribution in [3.63, 3.8) is 0 Å². The molecule has 17 heavy (non-hydrogen) atoms. The number of ketones is 1. The van der Waals surface area contributed by atoms with Crippen LogP contribution in [0.25, 0.3) is 0 Å². The lowest BCUT2D eigenvalue weighted by atomic mass is 10.1. The molecule has 0 saturated carbocycles. The standard InChI is InChI=1S/C12H15N3O2/c1-9(16)10-3-2-5-14-12(10)15-7-4-11(17)13-6-8-15/h2-3,5H,4,6-8H2,1H3,(H,13,17). The van der Waals surface area contributed by atoms with Gasteiger partial charge in [-0.05, 0) is 19.1 Å². The van der Waals surface area contributed by atoms with E-state index in [1.54, 1.807) is 18.3 Å². The average molecular weight is 233 g/mol. The van der Waals surface area contributed by atoms with E-state index in [9.17, 15) is 9.59 Å². The normalized spacial score (nSPS) is 16.3. The number of hydrogen-bond donors (Lipinski definition) is 1. The van der Waals surface area contributed by atoms with Crippen LogP contribution in [0, 0.1) is 0 Å². The van der Waals surface area contributed by atoms with Gasteiger partial charge < -0.3 is 10.2 Å². The highest BCUT2D eigenvalue weighted by atomic mass is 16.1. The predicted molar refractivity (Wildman–Crippen MR) is 64.1 cm³/mol. The van der Waals surface area contributed by atoms with Crippen molar-refractivity contribution in [2.24, 2.45) is 0 Å². The first-order valence-electron chi connectivity index (χ1n) is 5.66. The van der Waals surface area contributed by atoms with Crippen LogP contribution in [-0.2, 0) is 4.79 Å². The third kappa shape index (κ3) is 2.61. The van der Waals surface area contributed by atoms with E-state index < -0.39 is 0 Å². The Morgan fingerprint density at radius 2 is 2.29 bits per heavy atom. The second-order valence-electron chi connectivity index (χ2n) is 4.02. The molecule has 2 rings (SSSR count). The number of rotatable bonds is 2. The highest BCUT2D eigenvalue weighted by Crippen LogP contribution is 2.18. The van der Waals surface area contributed by atoms with Crippen LogP contribution in [0.4, 0.5) is 5.82 Å². The van der Waals surface area contributed by atoms with Crippen molar-refractivity contribution in [3.05, 3.63) is 23.9 Å². The molecule has 1 aliphatic rings. The van der Waals surface area contributed by atoms with Crippen molar-refractivity contribution in [2.45, 2.75) is 13.3 Å². The molecule has 0 aromatic carbocycles. The molecular weight excluding hydrogens is 218 g/mol. The van der Waals surface area contributed by atoms with Gasteiger partial charge in [-0.25, -0.2) is 4.98 Å². The number of carbonyl (C=O) groups is 2. The molecule has 0 aliphatic carbocycles. The number of aromatic nitrogens is 1. The van der Waals surface area contributed by atoms with E-state index >= 15 is 0 Å². The number of pyridine rings is 1. The van der Waals surface area contributed by atoms with Crippen LogP contribution in [-0.4, -0.2) is 36.3 Å². The first-order valence-corrected chi connectivity index (χ1v) is 5.66. The molecule has 1 N–H and O–H groups in total. The quantitative estimate of drug-likeness (QED) is 0.760. The molecule has 2 heterocycles. The van der Waals surface area contributed by atoms with Crippen molar-refractivity contribution in [1.82, 2.24) is 10.3 Å². The van der Waals surface area contributed by atoms with E-state index in [1.807, 2.05) is 4.90 Å². The maximum atomic E-state index is 11.5. The summed E-state index contributed by atoms with van der Waals surface area (Å²) in [6, 6.07) is 3.52. The molecule has 1 amide bonds. The average Bonchev–Trinajstić information content (AvgIpc) is 2.54. The molecule has 5 nitrogen and oxygen atoms in total. The van der Waals surface area contributed by atoms with Crippen LogP contribution in [0.2, 0.25) is 0 Å². The van der Waals surface area contributed by atoms with Crippen molar-refractivity contribution >= 4 is 17.5 Å². The zero-order valence-electron chi connectivity index (χ0n) is 9.77. The number of hydrogen-bond acceptors (Lipinski definition) is 4. The minimum atomic E-state index is -0.00312. The summed E-state index contributed by atoms with van der Waals surface area (Å²) in [7, 11) is 0. The Balaban J connectivity index is 2.26. The number of nitrogens with one attached hydrogen (secondary N) is 1. The molecule has 90 valence electrons. The summed E-state index contributed by atoms with van der Waals surface area (Å²) in [6.07, 6.45) is 2.11. The Bertz CT molecular complexity index is 445. The van der Waals surface area contributed by atoms with Gasteiger partial charge in [0.15, 0.2) is 5.78 Å². The lowest BCUT2D eigenvalue weighted by Gasteiger charge is -2.22. The van der Waals surface area contributed by atoms with E-state index in [0.717, 1.165) is 0 Å². The first-order chi connectivity index (χ1) is 8.18. The topological polar surface area (TPSA) is 62.3 Å². The smallest absolute Gasteiger partial charge is 0.221 e. The Morgan fingerprint density at radius 1 is 1.47 bits per heavy atom. The number of nitrogens with zero attached hydrogens (tertiary/aromatic N) is 2. The predicted octanol–water partition coefficient (Wildman–Crippen LogP) is 0.611. The molecule has 0 spiro atoms. The Kier molecular flexibility index (Phi) is 3.37. The van der Waals surface area contributed by atoms with Gasteiger partial charge in [0.1, 0.15) is 5.82 Å². The molecule has 1 aromatic rings. The molecule has 1 saturated heterocycles. The van der Waals surface area contributed by atoms with Crippen molar-refractivity contribution in [3.8, 4) is 0 Å². The number of amides is 1. The zero-order chi connectivity index (χ0) is 12.3. The summed E-state index contributed by atoms with van der Waals surface area (Å²) in [4.78, 5) is 29.0. The fourth-order valence-electron chi connectivity index (χ4n) is 1.90. The minimum absolute atomic E-state index is 0.00312. The van der Waals surface area contributed by atoms with Crippen LogP contribution >= 0.6 is 0 Å². The molecule has 1 aliphatic heterocycles. The molecule has 0 radical (unpaired) electrons.